The highest BCUT2D eigenvalue weighted by atomic mass is 35.5. The van der Waals surface area contributed by atoms with Crippen LogP contribution in [0.4, 0.5) is 4.39 Å². The first-order valence-electron chi connectivity index (χ1n) is 9.69. The minimum atomic E-state index is -0.488. The molecular weight excluding hydrogens is 472 g/mol. The number of aromatic nitrogens is 5. The molecule has 3 N–H and O–H groups in total. The van der Waals surface area contributed by atoms with Crippen LogP contribution < -0.4 is 10.6 Å². The fourth-order valence-electron chi connectivity index (χ4n) is 3.03. The standard InChI is InChI=1S/C21H20FN7O2.2ClH/c22-15-4-3-8-23-18(15)11-25-21(31)14-10-26-29(12-14)13-20(30)24-9-7-19-27-16-5-1-2-6-17(16)28-19;;/h1-6,8,10,12H,7,9,11,13H2,(H,24,30)(H,25,31)(H,27,28);2*1H. The molecule has 4 rings (SSSR count). The van der Waals surface area contributed by atoms with Crippen molar-refractivity contribution in [3.05, 3.63) is 77.9 Å². The van der Waals surface area contributed by atoms with Gasteiger partial charge >= 0.3 is 0 Å². The second kappa shape index (κ2) is 11.9. The SMILES string of the molecule is Cl.Cl.O=C(Cn1cc(C(=O)NCc2ncccc2F)cn1)NCCc1nc2ccccc2[nH]1. The molecule has 0 aliphatic heterocycles. The second-order valence-electron chi connectivity index (χ2n) is 6.84. The van der Waals surface area contributed by atoms with E-state index in [2.05, 4.69) is 30.7 Å². The van der Waals surface area contributed by atoms with E-state index >= 15 is 0 Å². The molecule has 174 valence electrons. The van der Waals surface area contributed by atoms with E-state index in [1.54, 1.807) is 0 Å². The van der Waals surface area contributed by atoms with Crippen LogP contribution in [0.25, 0.3) is 11.0 Å². The van der Waals surface area contributed by atoms with Crippen molar-refractivity contribution in [1.82, 2.24) is 35.4 Å². The molecule has 0 fully saturated rings. The number of fused-ring (bicyclic) bond motifs is 1. The van der Waals surface area contributed by atoms with E-state index < -0.39 is 11.7 Å². The van der Waals surface area contributed by atoms with Gasteiger partial charge in [0.2, 0.25) is 5.91 Å². The van der Waals surface area contributed by atoms with Crippen LogP contribution in [0, 0.1) is 5.82 Å². The lowest BCUT2D eigenvalue weighted by molar-refractivity contribution is -0.121. The molecule has 0 bridgehead atoms. The maximum absolute atomic E-state index is 13.6. The number of pyridine rings is 1. The van der Waals surface area contributed by atoms with Crippen molar-refractivity contribution in [2.45, 2.75) is 19.5 Å². The Bertz CT molecular complexity index is 1200. The number of imidazole rings is 1. The van der Waals surface area contributed by atoms with Crippen molar-refractivity contribution >= 4 is 47.7 Å². The Hall–Kier alpha value is -3.50. The highest BCUT2D eigenvalue weighted by Crippen LogP contribution is 2.10. The van der Waals surface area contributed by atoms with E-state index in [0.29, 0.717) is 13.0 Å². The smallest absolute Gasteiger partial charge is 0.254 e. The van der Waals surface area contributed by atoms with Gasteiger partial charge in [-0.05, 0) is 24.3 Å². The predicted molar refractivity (Wildman–Crippen MR) is 125 cm³/mol. The second-order valence-corrected chi connectivity index (χ2v) is 6.84. The Morgan fingerprint density at radius 1 is 1.09 bits per heavy atom. The molecule has 0 saturated heterocycles. The number of para-hydroxylation sites is 2. The number of nitrogens with zero attached hydrogens (tertiary/aromatic N) is 4. The van der Waals surface area contributed by atoms with Gasteiger partial charge < -0.3 is 15.6 Å². The number of hydrogen-bond donors (Lipinski definition) is 3. The van der Waals surface area contributed by atoms with Crippen molar-refractivity contribution < 1.29 is 14.0 Å². The van der Waals surface area contributed by atoms with Gasteiger partial charge in [0.25, 0.3) is 5.91 Å². The molecule has 4 aromatic rings. The molecule has 0 spiro atoms. The van der Waals surface area contributed by atoms with Crippen molar-refractivity contribution in [3.63, 3.8) is 0 Å². The lowest BCUT2D eigenvalue weighted by Crippen LogP contribution is -2.29. The van der Waals surface area contributed by atoms with Gasteiger partial charge in [0.1, 0.15) is 18.2 Å². The van der Waals surface area contributed by atoms with Gasteiger partial charge in [0.05, 0.1) is 35.0 Å². The van der Waals surface area contributed by atoms with Crippen molar-refractivity contribution in [3.8, 4) is 0 Å². The van der Waals surface area contributed by atoms with Crippen LogP contribution >= 0.6 is 24.8 Å². The van der Waals surface area contributed by atoms with Crippen LogP contribution in [-0.2, 0) is 24.3 Å². The Morgan fingerprint density at radius 2 is 1.91 bits per heavy atom. The lowest BCUT2D eigenvalue weighted by Gasteiger charge is -2.05. The number of benzene rings is 1. The van der Waals surface area contributed by atoms with Gasteiger partial charge in [-0.25, -0.2) is 9.37 Å². The van der Waals surface area contributed by atoms with Gasteiger partial charge in [0.15, 0.2) is 0 Å². The fraction of sp³-hybridized carbons (Fsp3) is 0.190. The Morgan fingerprint density at radius 3 is 2.70 bits per heavy atom. The number of aromatic amines is 1. The maximum atomic E-state index is 13.6. The third-order valence-electron chi connectivity index (χ3n) is 4.57. The number of H-pyrrole nitrogens is 1. The molecule has 33 heavy (non-hydrogen) atoms. The highest BCUT2D eigenvalue weighted by molar-refractivity contribution is 5.93. The first kappa shape index (κ1) is 25.8. The van der Waals surface area contributed by atoms with Crippen LogP contribution in [0.1, 0.15) is 21.9 Å². The zero-order valence-electron chi connectivity index (χ0n) is 17.3. The number of hydrogen-bond acceptors (Lipinski definition) is 5. The zero-order valence-corrected chi connectivity index (χ0v) is 19.0. The summed E-state index contributed by atoms with van der Waals surface area (Å²) in [5, 5.41) is 9.42. The summed E-state index contributed by atoms with van der Waals surface area (Å²) in [6.07, 6.45) is 4.83. The average molecular weight is 494 g/mol. The summed E-state index contributed by atoms with van der Waals surface area (Å²) in [7, 11) is 0. The van der Waals surface area contributed by atoms with Crippen molar-refractivity contribution in [2.24, 2.45) is 0 Å². The molecular formula is C21H22Cl2FN7O2. The average Bonchev–Trinajstić information content (AvgIpc) is 3.39. The summed E-state index contributed by atoms with van der Waals surface area (Å²) in [4.78, 5) is 35.9. The molecule has 0 unspecified atom stereocenters. The number of carbonyl (C=O) groups excluding carboxylic acids is 2. The number of halogens is 3. The van der Waals surface area contributed by atoms with Gasteiger partial charge in [-0.15, -0.1) is 24.8 Å². The third kappa shape index (κ3) is 6.74. The van der Waals surface area contributed by atoms with E-state index in [1.807, 2.05) is 24.3 Å². The Balaban J connectivity index is 0.00000193. The quantitative estimate of drug-likeness (QED) is 0.348. The number of amides is 2. The van der Waals surface area contributed by atoms with E-state index in [-0.39, 0.29) is 55.1 Å². The summed E-state index contributed by atoms with van der Waals surface area (Å²) >= 11 is 0. The first-order valence-corrected chi connectivity index (χ1v) is 9.69. The maximum Gasteiger partial charge on any atom is 0.254 e. The van der Waals surface area contributed by atoms with Crippen LogP contribution in [0.15, 0.2) is 55.0 Å². The normalized spacial score (nSPS) is 10.2. The molecule has 0 aliphatic carbocycles. The van der Waals surface area contributed by atoms with Crippen LogP contribution in [0.2, 0.25) is 0 Å². The van der Waals surface area contributed by atoms with Crippen molar-refractivity contribution in [1.29, 1.82) is 0 Å². The summed E-state index contributed by atoms with van der Waals surface area (Å²) in [5.41, 5.74) is 2.26. The molecule has 2 amide bonds. The van der Waals surface area contributed by atoms with Crippen LogP contribution in [0.3, 0.4) is 0 Å². The Kier molecular flexibility index (Phi) is 9.31. The summed E-state index contributed by atoms with van der Waals surface area (Å²) < 4.78 is 14.9. The molecule has 0 saturated carbocycles. The number of carbonyl (C=O) groups is 2. The summed E-state index contributed by atoms with van der Waals surface area (Å²) in [5.74, 6) is -0.356. The first-order chi connectivity index (χ1) is 15.1. The Labute approximate surface area is 201 Å². The minimum absolute atomic E-state index is 0. The topological polar surface area (TPSA) is 118 Å². The third-order valence-corrected chi connectivity index (χ3v) is 4.57. The minimum Gasteiger partial charge on any atom is -0.354 e. The monoisotopic (exact) mass is 493 g/mol. The number of rotatable bonds is 8. The molecule has 1 aromatic carbocycles. The number of nitrogens with one attached hydrogen (secondary N) is 3. The predicted octanol–water partition coefficient (Wildman–Crippen LogP) is 2.43. The molecule has 3 heterocycles. The molecule has 0 atom stereocenters. The molecule has 12 heteroatoms. The highest BCUT2D eigenvalue weighted by Gasteiger charge is 2.12. The van der Waals surface area contributed by atoms with E-state index in [4.69, 9.17) is 0 Å². The fourth-order valence-corrected chi connectivity index (χ4v) is 3.03. The lowest BCUT2D eigenvalue weighted by atomic mass is 10.3. The van der Waals surface area contributed by atoms with Gasteiger partial charge in [-0.1, -0.05) is 12.1 Å². The molecule has 0 aliphatic rings. The molecule has 3 aromatic heterocycles. The zero-order chi connectivity index (χ0) is 21.6. The molecule has 9 nitrogen and oxygen atoms in total. The largest absolute Gasteiger partial charge is 0.354 e. The van der Waals surface area contributed by atoms with Crippen molar-refractivity contribution in [2.75, 3.05) is 6.54 Å². The summed E-state index contributed by atoms with van der Waals surface area (Å²) in [6, 6.07) is 10.5. The van der Waals surface area contributed by atoms with Gasteiger partial charge in [0, 0.05) is 25.4 Å². The van der Waals surface area contributed by atoms with E-state index in [0.717, 1.165) is 16.9 Å². The van der Waals surface area contributed by atoms with Gasteiger partial charge in [-0.3, -0.25) is 19.3 Å². The van der Waals surface area contributed by atoms with Crippen LogP contribution in [0.5, 0.6) is 0 Å². The summed E-state index contributed by atoms with van der Waals surface area (Å²) in [6.45, 7) is 0.351. The van der Waals surface area contributed by atoms with E-state index in [9.17, 15) is 14.0 Å². The molecule has 0 radical (unpaired) electrons. The van der Waals surface area contributed by atoms with E-state index in [1.165, 1.54) is 35.4 Å². The van der Waals surface area contributed by atoms with Gasteiger partial charge in [-0.2, -0.15) is 5.10 Å². The van der Waals surface area contributed by atoms with Crippen LogP contribution in [-0.4, -0.2) is 43.1 Å².